The van der Waals surface area contributed by atoms with Crippen molar-refractivity contribution >= 4 is 17.6 Å². The number of halogens is 1. The summed E-state index contributed by atoms with van der Waals surface area (Å²) in [6, 6.07) is 7.38. The second-order valence-corrected chi connectivity index (χ2v) is 5.74. The Morgan fingerprint density at radius 1 is 1.36 bits per heavy atom. The summed E-state index contributed by atoms with van der Waals surface area (Å²) in [4.78, 5) is 8.88. The molecule has 8 heteroatoms. The largest absolute Gasteiger partial charge is 0.385 e. The van der Waals surface area contributed by atoms with Crippen LogP contribution in [0.25, 0.3) is 11.4 Å². The molecule has 0 atom stereocenters. The van der Waals surface area contributed by atoms with Crippen LogP contribution in [0.3, 0.4) is 0 Å². The lowest BCUT2D eigenvalue weighted by Gasteiger charge is -2.10. The third-order valence-electron chi connectivity index (χ3n) is 3.30. The molecule has 0 amide bonds. The van der Waals surface area contributed by atoms with Crippen LogP contribution in [0.4, 0.5) is 0 Å². The molecule has 0 saturated carbocycles. The fraction of sp³-hybridized carbons (Fsp3) is 0.471. The summed E-state index contributed by atoms with van der Waals surface area (Å²) in [6.45, 7) is 4.89. The molecule has 25 heavy (non-hydrogen) atoms. The van der Waals surface area contributed by atoms with Gasteiger partial charge in [-0.25, -0.2) is 0 Å². The number of ether oxygens (including phenoxy) is 1. The van der Waals surface area contributed by atoms with Gasteiger partial charge in [-0.15, -0.1) is 0 Å². The van der Waals surface area contributed by atoms with Crippen molar-refractivity contribution in [2.45, 2.75) is 19.8 Å². The smallest absolute Gasteiger partial charge is 0.228 e. The minimum absolute atomic E-state index is 0.539. The van der Waals surface area contributed by atoms with Gasteiger partial charge in [0.2, 0.25) is 11.7 Å². The van der Waals surface area contributed by atoms with Crippen LogP contribution in [-0.2, 0) is 11.2 Å². The predicted octanol–water partition coefficient (Wildman–Crippen LogP) is 2.52. The molecule has 1 aromatic heterocycles. The highest BCUT2D eigenvalue weighted by atomic mass is 35.5. The van der Waals surface area contributed by atoms with Crippen molar-refractivity contribution in [3.8, 4) is 11.4 Å². The van der Waals surface area contributed by atoms with Crippen molar-refractivity contribution in [3.63, 3.8) is 0 Å². The number of hydrogen-bond acceptors (Lipinski definition) is 5. The van der Waals surface area contributed by atoms with E-state index in [1.807, 2.05) is 31.2 Å². The van der Waals surface area contributed by atoms with E-state index in [2.05, 4.69) is 25.8 Å². The first-order chi connectivity index (χ1) is 12.2. The van der Waals surface area contributed by atoms with Crippen LogP contribution in [-0.4, -0.2) is 49.5 Å². The molecule has 0 aliphatic carbocycles. The Labute approximate surface area is 152 Å². The molecule has 2 aromatic rings. The molecule has 0 spiro atoms. The van der Waals surface area contributed by atoms with Gasteiger partial charge >= 0.3 is 0 Å². The van der Waals surface area contributed by atoms with Crippen molar-refractivity contribution < 1.29 is 9.26 Å². The summed E-state index contributed by atoms with van der Waals surface area (Å²) < 4.78 is 10.3. The van der Waals surface area contributed by atoms with Crippen LogP contribution in [0.15, 0.2) is 33.8 Å². The van der Waals surface area contributed by atoms with E-state index in [0.717, 1.165) is 24.5 Å². The maximum atomic E-state index is 5.99. The Kier molecular flexibility index (Phi) is 8.21. The van der Waals surface area contributed by atoms with Gasteiger partial charge in [-0.1, -0.05) is 28.9 Å². The standard InChI is InChI=1S/C17H24ClN5O2/c1-3-19-17(20-9-5-11-24-2)21-10-8-15-22-16(23-25-15)13-6-4-7-14(18)12-13/h4,6-7,12H,3,5,8-11H2,1-2H3,(H2,19,20,21). The maximum absolute atomic E-state index is 5.99. The van der Waals surface area contributed by atoms with Gasteiger partial charge in [0.1, 0.15) is 0 Å². The number of hydrogen-bond donors (Lipinski definition) is 2. The first kappa shape index (κ1) is 19.2. The number of benzene rings is 1. The highest BCUT2D eigenvalue weighted by molar-refractivity contribution is 6.30. The highest BCUT2D eigenvalue weighted by Crippen LogP contribution is 2.19. The molecule has 1 aromatic carbocycles. The van der Waals surface area contributed by atoms with E-state index in [-0.39, 0.29) is 0 Å². The molecule has 2 rings (SSSR count). The lowest BCUT2D eigenvalue weighted by molar-refractivity contribution is 0.197. The highest BCUT2D eigenvalue weighted by Gasteiger charge is 2.09. The minimum Gasteiger partial charge on any atom is -0.385 e. The zero-order chi connectivity index (χ0) is 17.9. The molecule has 0 aliphatic rings. The zero-order valence-corrected chi connectivity index (χ0v) is 15.3. The fourth-order valence-corrected chi connectivity index (χ4v) is 2.32. The van der Waals surface area contributed by atoms with Crippen LogP contribution in [0, 0.1) is 0 Å². The number of methoxy groups -OCH3 is 1. The first-order valence-corrected chi connectivity index (χ1v) is 8.70. The number of guanidine groups is 1. The molecule has 2 N–H and O–H groups in total. The molecule has 7 nitrogen and oxygen atoms in total. The average molecular weight is 366 g/mol. The lowest BCUT2D eigenvalue weighted by atomic mass is 10.2. The minimum atomic E-state index is 0.539. The first-order valence-electron chi connectivity index (χ1n) is 8.32. The normalized spacial score (nSPS) is 11.6. The van der Waals surface area contributed by atoms with Gasteiger partial charge in [-0.3, -0.25) is 4.99 Å². The molecule has 0 saturated heterocycles. The number of aliphatic imine (C=N–C) groups is 1. The fourth-order valence-electron chi connectivity index (χ4n) is 2.13. The Bertz CT molecular complexity index is 675. The van der Waals surface area contributed by atoms with Crippen LogP contribution in [0.1, 0.15) is 19.2 Å². The van der Waals surface area contributed by atoms with E-state index in [0.29, 0.717) is 42.9 Å². The van der Waals surface area contributed by atoms with Crippen LogP contribution < -0.4 is 10.6 Å². The van der Waals surface area contributed by atoms with Gasteiger partial charge in [0.25, 0.3) is 0 Å². The number of nitrogens with zero attached hydrogens (tertiary/aromatic N) is 3. The van der Waals surface area contributed by atoms with Gasteiger partial charge in [-0.2, -0.15) is 4.98 Å². The Morgan fingerprint density at radius 3 is 3.00 bits per heavy atom. The third-order valence-corrected chi connectivity index (χ3v) is 3.54. The number of nitrogens with one attached hydrogen (secondary N) is 2. The van der Waals surface area contributed by atoms with Crippen molar-refractivity contribution in [1.82, 2.24) is 20.8 Å². The van der Waals surface area contributed by atoms with Crippen molar-refractivity contribution in [1.29, 1.82) is 0 Å². The van der Waals surface area contributed by atoms with Crippen LogP contribution in [0.2, 0.25) is 5.02 Å². The van der Waals surface area contributed by atoms with E-state index in [1.54, 1.807) is 7.11 Å². The molecule has 0 bridgehead atoms. The summed E-state index contributed by atoms with van der Waals surface area (Å²) in [5.41, 5.74) is 0.837. The summed E-state index contributed by atoms with van der Waals surface area (Å²) in [5, 5.41) is 11.1. The van der Waals surface area contributed by atoms with E-state index in [9.17, 15) is 0 Å². The van der Waals surface area contributed by atoms with Crippen molar-refractivity contribution in [2.75, 3.05) is 33.4 Å². The quantitative estimate of drug-likeness (QED) is 0.403. The van der Waals surface area contributed by atoms with E-state index >= 15 is 0 Å². The monoisotopic (exact) mass is 365 g/mol. The predicted molar refractivity (Wildman–Crippen MR) is 98.9 cm³/mol. The van der Waals surface area contributed by atoms with Crippen LogP contribution in [0.5, 0.6) is 0 Å². The summed E-state index contributed by atoms with van der Waals surface area (Å²) in [7, 11) is 1.69. The van der Waals surface area contributed by atoms with E-state index in [1.165, 1.54) is 0 Å². The average Bonchev–Trinajstić information content (AvgIpc) is 3.07. The Morgan fingerprint density at radius 2 is 2.24 bits per heavy atom. The van der Waals surface area contributed by atoms with Crippen molar-refractivity contribution in [2.24, 2.45) is 4.99 Å². The van der Waals surface area contributed by atoms with Gasteiger partial charge < -0.3 is 19.9 Å². The van der Waals surface area contributed by atoms with Gasteiger partial charge in [0.05, 0.1) is 0 Å². The summed E-state index contributed by atoms with van der Waals surface area (Å²) in [5.74, 6) is 1.88. The number of aromatic nitrogens is 2. The maximum Gasteiger partial charge on any atom is 0.228 e. The van der Waals surface area contributed by atoms with Gasteiger partial charge in [-0.05, 0) is 25.5 Å². The number of rotatable bonds is 9. The molecule has 136 valence electrons. The lowest BCUT2D eigenvalue weighted by Crippen LogP contribution is -2.38. The second kappa shape index (κ2) is 10.7. The third kappa shape index (κ3) is 6.72. The SMILES string of the molecule is CCNC(=NCCCOC)NCCc1nc(-c2cccc(Cl)c2)no1. The summed E-state index contributed by atoms with van der Waals surface area (Å²) >= 11 is 5.99. The van der Waals surface area contributed by atoms with Crippen LogP contribution >= 0.6 is 11.6 Å². The molecule has 0 unspecified atom stereocenters. The Balaban J connectivity index is 1.84. The molecular weight excluding hydrogens is 342 g/mol. The molecule has 0 fully saturated rings. The van der Waals surface area contributed by atoms with Gasteiger partial charge in [0, 0.05) is 50.4 Å². The molecule has 0 radical (unpaired) electrons. The topological polar surface area (TPSA) is 84.6 Å². The van der Waals surface area contributed by atoms with E-state index in [4.69, 9.17) is 20.9 Å². The zero-order valence-electron chi connectivity index (χ0n) is 14.6. The second-order valence-electron chi connectivity index (χ2n) is 5.31. The van der Waals surface area contributed by atoms with E-state index < -0.39 is 0 Å². The molecule has 1 heterocycles. The molecule has 0 aliphatic heterocycles. The summed E-state index contributed by atoms with van der Waals surface area (Å²) in [6.07, 6.45) is 1.50. The molecular formula is C17H24ClN5O2. The van der Waals surface area contributed by atoms with Crippen molar-refractivity contribution in [3.05, 3.63) is 35.2 Å². The Hall–Kier alpha value is -2.12. The van der Waals surface area contributed by atoms with Gasteiger partial charge in [0.15, 0.2) is 5.96 Å².